The zero-order chi connectivity index (χ0) is 21.3. The van der Waals surface area contributed by atoms with Crippen LogP contribution in [0, 0.1) is 6.92 Å². The van der Waals surface area contributed by atoms with E-state index in [0.717, 1.165) is 25.9 Å². The summed E-state index contributed by atoms with van der Waals surface area (Å²) >= 11 is 0. The van der Waals surface area contributed by atoms with E-state index in [1.807, 2.05) is 24.0 Å². The van der Waals surface area contributed by atoms with Crippen LogP contribution in [0.25, 0.3) is 0 Å². The standard InChI is InChI=1S/C24H27N3O3/c1-3-4-11-27-23(29)19-10-9-18(16-20(19)24(27)30)22(28)26-14-12-25(13-15-26)21-8-6-5-7-17(21)2/h5-10,16H,3-4,11-15H2,1-2H3. The van der Waals surface area contributed by atoms with Crippen molar-refractivity contribution in [3.63, 3.8) is 0 Å². The first-order valence-electron chi connectivity index (χ1n) is 10.6. The molecule has 30 heavy (non-hydrogen) atoms. The molecule has 4 rings (SSSR count). The number of unbranched alkanes of at least 4 members (excludes halogenated alkanes) is 1. The van der Waals surface area contributed by atoms with Crippen LogP contribution in [0.2, 0.25) is 0 Å². The highest BCUT2D eigenvalue weighted by molar-refractivity contribution is 6.22. The highest BCUT2D eigenvalue weighted by Gasteiger charge is 2.36. The average molecular weight is 405 g/mol. The summed E-state index contributed by atoms with van der Waals surface area (Å²) < 4.78 is 0. The molecule has 156 valence electrons. The van der Waals surface area contributed by atoms with Crippen molar-refractivity contribution in [3.05, 3.63) is 64.7 Å². The van der Waals surface area contributed by atoms with Gasteiger partial charge in [-0.15, -0.1) is 0 Å². The van der Waals surface area contributed by atoms with Crippen molar-refractivity contribution < 1.29 is 14.4 Å². The molecule has 1 saturated heterocycles. The molecule has 3 amide bonds. The summed E-state index contributed by atoms with van der Waals surface area (Å²) in [5.41, 5.74) is 3.65. The Hall–Kier alpha value is -3.15. The Balaban J connectivity index is 1.46. The Bertz CT molecular complexity index is 993. The number of fused-ring (bicyclic) bond motifs is 1. The molecule has 0 radical (unpaired) electrons. The van der Waals surface area contributed by atoms with Gasteiger partial charge in [0.1, 0.15) is 0 Å². The van der Waals surface area contributed by atoms with Gasteiger partial charge in [-0.3, -0.25) is 19.3 Å². The van der Waals surface area contributed by atoms with Crippen molar-refractivity contribution in [3.8, 4) is 0 Å². The largest absolute Gasteiger partial charge is 0.368 e. The predicted octanol–water partition coefficient (Wildman–Crippen LogP) is 3.35. The van der Waals surface area contributed by atoms with Gasteiger partial charge in [-0.05, 0) is 43.2 Å². The number of amides is 3. The van der Waals surface area contributed by atoms with E-state index in [1.165, 1.54) is 16.2 Å². The van der Waals surface area contributed by atoms with E-state index in [-0.39, 0.29) is 17.7 Å². The molecule has 0 aliphatic carbocycles. The highest BCUT2D eigenvalue weighted by Crippen LogP contribution is 2.26. The van der Waals surface area contributed by atoms with Crippen molar-refractivity contribution in [1.29, 1.82) is 0 Å². The van der Waals surface area contributed by atoms with Crippen LogP contribution in [0.1, 0.15) is 56.4 Å². The highest BCUT2D eigenvalue weighted by atomic mass is 16.2. The summed E-state index contributed by atoms with van der Waals surface area (Å²) in [6.45, 7) is 7.33. The fraction of sp³-hybridized carbons (Fsp3) is 0.375. The van der Waals surface area contributed by atoms with Crippen molar-refractivity contribution >= 4 is 23.4 Å². The third kappa shape index (κ3) is 3.58. The van der Waals surface area contributed by atoms with E-state index in [9.17, 15) is 14.4 Å². The van der Waals surface area contributed by atoms with E-state index in [4.69, 9.17) is 0 Å². The number of para-hydroxylation sites is 1. The Morgan fingerprint density at radius 2 is 1.63 bits per heavy atom. The quantitative estimate of drug-likeness (QED) is 0.716. The molecule has 0 atom stereocenters. The Kier molecular flexibility index (Phi) is 5.57. The Morgan fingerprint density at radius 3 is 2.33 bits per heavy atom. The molecule has 0 aromatic heterocycles. The van der Waals surface area contributed by atoms with Gasteiger partial charge in [-0.2, -0.15) is 0 Å². The van der Waals surface area contributed by atoms with Crippen LogP contribution in [-0.4, -0.2) is 60.2 Å². The second-order valence-corrected chi connectivity index (χ2v) is 7.94. The number of anilines is 1. The van der Waals surface area contributed by atoms with Gasteiger partial charge in [-0.1, -0.05) is 31.5 Å². The molecule has 2 heterocycles. The molecule has 0 saturated carbocycles. The first-order chi connectivity index (χ1) is 14.5. The number of nitrogens with zero attached hydrogens (tertiary/aromatic N) is 3. The normalized spacial score (nSPS) is 16.3. The van der Waals surface area contributed by atoms with Crippen LogP contribution in [-0.2, 0) is 0 Å². The van der Waals surface area contributed by atoms with Gasteiger partial charge in [0.25, 0.3) is 17.7 Å². The van der Waals surface area contributed by atoms with Crippen LogP contribution in [0.4, 0.5) is 5.69 Å². The molecule has 6 nitrogen and oxygen atoms in total. The van der Waals surface area contributed by atoms with E-state index in [0.29, 0.717) is 36.3 Å². The first kappa shape index (κ1) is 20.1. The van der Waals surface area contributed by atoms with Gasteiger partial charge in [0.05, 0.1) is 11.1 Å². The number of aryl methyl sites for hydroxylation is 1. The molecular formula is C24H27N3O3. The third-order valence-corrected chi connectivity index (χ3v) is 5.98. The number of carbonyl (C=O) groups is 3. The number of imide groups is 1. The average Bonchev–Trinajstić information content (AvgIpc) is 3.01. The Morgan fingerprint density at radius 1 is 0.933 bits per heavy atom. The number of piperazine rings is 1. The fourth-order valence-electron chi connectivity index (χ4n) is 4.19. The summed E-state index contributed by atoms with van der Waals surface area (Å²) in [5, 5.41) is 0. The summed E-state index contributed by atoms with van der Waals surface area (Å²) in [6.07, 6.45) is 1.69. The van der Waals surface area contributed by atoms with Crippen molar-refractivity contribution in [2.75, 3.05) is 37.6 Å². The molecule has 6 heteroatoms. The molecule has 2 aliphatic rings. The molecule has 2 aromatic rings. The lowest BCUT2D eigenvalue weighted by molar-refractivity contribution is 0.0651. The summed E-state index contributed by atoms with van der Waals surface area (Å²) in [5.74, 6) is -0.633. The molecule has 0 N–H and O–H groups in total. The fourth-order valence-corrected chi connectivity index (χ4v) is 4.19. The predicted molar refractivity (Wildman–Crippen MR) is 116 cm³/mol. The molecule has 2 aromatic carbocycles. The monoisotopic (exact) mass is 405 g/mol. The minimum atomic E-state index is -0.289. The van der Waals surface area contributed by atoms with Crippen molar-refractivity contribution in [2.45, 2.75) is 26.7 Å². The molecule has 2 aliphatic heterocycles. The SMILES string of the molecule is CCCCN1C(=O)c2ccc(C(=O)N3CCN(c4ccccc4C)CC3)cc2C1=O. The number of rotatable bonds is 5. The van der Waals surface area contributed by atoms with Crippen LogP contribution < -0.4 is 4.90 Å². The summed E-state index contributed by atoms with van der Waals surface area (Å²) in [7, 11) is 0. The van der Waals surface area contributed by atoms with Crippen LogP contribution >= 0.6 is 0 Å². The maximum atomic E-state index is 13.0. The molecular weight excluding hydrogens is 378 g/mol. The van der Waals surface area contributed by atoms with Gasteiger partial charge in [0.2, 0.25) is 0 Å². The lowest BCUT2D eigenvalue weighted by Crippen LogP contribution is -2.49. The van der Waals surface area contributed by atoms with Crippen LogP contribution in [0.15, 0.2) is 42.5 Å². The number of hydrogen-bond donors (Lipinski definition) is 0. The van der Waals surface area contributed by atoms with Gasteiger partial charge < -0.3 is 9.80 Å². The van der Waals surface area contributed by atoms with E-state index in [1.54, 1.807) is 18.2 Å². The van der Waals surface area contributed by atoms with E-state index >= 15 is 0 Å². The molecule has 0 bridgehead atoms. The zero-order valence-corrected chi connectivity index (χ0v) is 17.6. The molecule has 0 unspecified atom stereocenters. The first-order valence-corrected chi connectivity index (χ1v) is 10.6. The maximum Gasteiger partial charge on any atom is 0.261 e. The van der Waals surface area contributed by atoms with E-state index in [2.05, 4.69) is 24.0 Å². The minimum absolute atomic E-state index is 0.0884. The topological polar surface area (TPSA) is 60.9 Å². The molecule has 1 fully saturated rings. The minimum Gasteiger partial charge on any atom is -0.368 e. The van der Waals surface area contributed by atoms with Gasteiger partial charge in [0, 0.05) is 44.0 Å². The van der Waals surface area contributed by atoms with E-state index < -0.39 is 0 Å². The smallest absolute Gasteiger partial charge is 0.261 e. The number of hydrogen-bond acceptors (Lipinski definition) is 4. The van der Waals surface area contributed by atoms with Gasteiger partial charge in [-0.25, -0.2) is 0 Å². The second kappa shape index (κ2) is 8.30. The van der Waals surface area contributed by atoms with Crippen LogP contribution in [0.3, 0.4) is 0 Å². The lowest BCUT2D eigenvalue weighted by Gasteiger charge is -2.36. The van der Waals surface area contributed by atoms with Crippen molar-refractivity contribution in [2.24, 2.45) is 0 Å². The maximum absolute atomic E-state index is 13.0. The zero-order valence-electron chi connectivity index (χ0n) is 17.6. The van der Waals surface area contributed by atoms with Gasteiger partial charge in [0.15, 0.2) is 0 Å². The van der Waals surface area contributed by atoms with Crippen molar-refractivity contribution in [1.82, 2.24) is 9.80 Å². The van der Waals surface area contributed by atoms with Gasteiger partial charge >= 0.3 is 0 Å². The third-order valence-electron chi connectivity index (χ3n) is 5.98. The van der Waals surface area contributed by atoms with Crippen LogP contribution in [0.5, 0.6) is 0 Å². The second-order valence-electron chi connectivity index (χ2n) is 7.94. The molecule has 0 spiro atoms. The lowest BCUT2D eigenvalue weighted by atomic mass is 10.0. The summed E-state index contributed by atoms with van der Waals surface area (Å²) in [4.78, 5) is 43.6. The Labute approximate surface area is 177 Å². The summed E-state index contributed by atoms with van der Waals surface area (Å²) in [6, 6.07) is 13.2. The number of benzene rings is 2. The number of carbonyl (C=O) groups excluding carboxylic acids is 3.